The van der Waals surface area contributed by atoms with E-state index >= 15 is 0 Å². The van der Waals surface area contributed by atoms with Gasteiger partial charge < -0.3 is 5.73 Å². The van der Waals surface area contributed by atoms with Crippen molar-refractivity contribution in [1.29, 1.82) is 0 Å². The molecule has 2 N–H and O–H groups in total. The summed E-state index contributed by atoms with van der Waals surface area (Å²) in [6, 6.07) is 3.41. The van der Waals surface area contributed by atoms with E-state index in [1.54, 1.807) is 12.1 Å². The summed E-state index contributed by atoms with van der Waals surface area (Å²) in [5.41, 5.74) is 6.83. The second-order valence-corrected chi connectivity index (χ2v) is 5.88. The van der Waals surface area contributed by atoms with Crippen molar-refractivity contribution in [2.75, 3.05) is 18.8 Å². The van der Waals surface area contributed by atoms with E-state index in [9.17, 15) is 13.2 Å². The highest BCUT2D eigenvalue weighted by Crippen LogP contribution is 2.35. The van der Waals surface area contributed by atoms with E-state index in [4.69, 9.17) is 28.9 Å². The van der Waals surface area contributed by atoms with E-state index in [-0.39, 0.29) is 12.8 Å². The van der Waals surface area contributed by atoms with Crippen LogP contribution in [0, 0.1) is 5.92 Å². The van der Waals surface area contributed by atoms with Crippen LogP contribution in [0.1, 0.15) is 18.4 Å². The van der Waals surface area contributed by atoms with Crippen LogP contribution < -0.4 is 5.73 Å². The Hall–Kier alpha value is -0.650. The predicted octanol–water partition coefficient (Wildman–Crippen LogP) is 4.35. The smallest absolute Gasteiger partial charge is 0.391 e. The van der Waals surface area contributed by atoms with E-state index in [1.807, 2.05) is 4.90 Å². The second kappa shape index (κ2) is 6.00. The number of anilines is 1. The normalized spacial score (nSPS) is 18.4. The van der Waals surface area contributed by atoms with Gasteiger partial charge in [0.2, 0.25) is 0 Å². The molecule has 1 heterocycles. The minimum atomic E-state index is -4.08. The molecule has 0 radical (unpaired) electrons. The first-order chi connectivity index (χ1) is 9.27. The summed E-state index contributed by atoms with van der Waals surface area (Å²) in [7, 11) is 0. The number of hydrogen-bond donors (Lipinski definition) is 1. The van der Waals surface area contributed by atoms with Gasteiger partial charge in [-0.25, -0.2) is 0 Å². The molecule has 0 aromatic heterocycles. The molecule has 0 unspecified atom stereocenters. The molecule has 1 aromatic carbocycles. The summed E-state index contributed by atoms with van der Waals surface area (Å²) in [5.74, 6) is -1.18. The lowest BCUT2D eigenvalue weighted by molar-refractivity contribution is -0.185. The summed E-state index contributed by atoms with van der Waals surface area (Å²) in [4.78, 5) is 1.97. The number of nitrogen functional groups attached to an aromatic ring is 1. The van der Waals surface area contributed by atoms with Crippen LogP contribution in [-0.2, 0) is 6.54 Å². The van der Waals surface area contributed by atoms with Crippen molar-refractivity contribution in [3.8, 4) is 0 Å². The Kier molecular flexibility index (Phi) is 4.72. The topological polar surface area (TPSA) is 29.3 Å². The largest absolute Gasteiger partial charge is 0.396 e. The fourth-order valence-corrected chi connectivity index (χ4v) is 2.94. The highest BCUT2D eigenvalue weighted by molar-refractivity contribution is 6.38. The van der Waals surface area contributed by atoms with Crippen molar-refractivity contribution in [1.82, 2.24) is 4.90 Å². The number of hydrogen-bond acceptors (Lipinski definition) is 2. The standard InChI is InChI=1S/C13H15Cl2F3N2/c14-10-5-8(6-11(15)12(10)19)7-20-3-1-9(2-4-20)13(16,17)18/h5-6,9H,1-4,7,19H2. The number of likely N-dealkylation sites (tertiary alicyclic amines) is 1. The zero-order valence-electron chi connectivity index (χ0n) is 10.7. The third-order valence-corrected chi connectivity index (χ3v) is 4.22. The summed E-state index contributed by atoms with van der Waals surface area (Å²) in [6.45, 7) is 1.37. The quantitative estimate of drug-likeness (QED) is 0.818. The molecule has 2 nitrogen and oxygen atoms in total. The number of nitrogens with zero attached hydrogens (tertiary/aromatic N) is 1. The number of benzene rings is 1. The maximum Gasteiger partial charge on any atom is 0.391 e. The monoisotopic (exact) mass is 326 g/mol. The maximum atomic E-state index is 12.6. The molecular weight excluding hydrogens is 312 g/mol. The second-order valence-electron chi connectivity index (χ2n) is 5.07. The first-order valence-corrected chi connectivity index (χ1v) is 7.05. The Morgan fingerprint density at radius 3 is 2.10 bits per heavy atom. The molecule has 1 fully saturated rings. The molecule has 0 amide bonds. The zero-order chi connectivity index (χ0) is 14.9. The molecule has 7 heteroatoms. The number of nitrogens with two attached hydrogens (primary N) is 1. The Labute approximate surface area is 125 Å². The number of rotatable bonds is 2. The van der Waals surface area contributed by atoms with Crippen LogP contribution in [0.4, 0.5) is 18.9 Å². The molecule has 1 aliphatic rings. The molecule has 20 heavy (non-hydrogen) atoms. The lowest BCUT2D eigenvalue weighted by atomic mass is 9.96. The molecular formula is C13H15Cl2F3N2. The molecule has 1 saturated heterocycles. The van der Waals surface area contributed by atoms with Crippen LogP contribution >= 0.6 is 23.2 Å². The van der Waals surface area contributed by atoms with Gasteiger partial charge in [-0.1, -0.05) is 23.2 Å². The average Bonchev–Trinajstić information content (AvgIpc) is 2.35. The van der Waals surface area contributed by atoms with Gasteiger partial charge in [0.1, 0.15) is 0 Å². The number of piperidine rings is 1. The van der Waals surface area contributed by atoms with Crippen LogP contribution in [0.5, 0.6) is 0 Å². The molecule has 0 bridgehead atoms. The van der Waals surface area contributed by atoms with E-state index in [1.165, 1.54) is 0 Å². The highest BCUT2D eigenvalue weighted by Gasteiger charge is 2.40. The first kappa shape index (κ1) is 15.7. The van der Waals surface area contributed by atoms with Crippen molar-refractivity contribution in [2.45, 2.75) is 25.6 Å². The Morgan fingerprint density at radius 1 is 1.15 bits per heavy atom. The number of alkyl halides is 3. The van der Waals surface area contributed by atoms with Gasteiger partial charge in [-0.2, -0.15) is 13.2 Å². The van der Waals surface area contributed by atoms with Crippen LogP contribution in [-0.4, -0.2) is 24.2 Å². The first-order valence-electron chi connectivity index (χ1n) is 6.30. The van der Waals surface area contributed by atoms with Gasteiger partial charge in [-0.05, 0) is 43.6 Å². The van der Waals surface area contributed by atoms with Gasteiger partial charge in [0.15, 0.2) is 0 Å². The van der Waals surface area contributed by atoms with E-state index in [0.717, 1.165) is 5.56 Å². The van der Waals surface area contributed by atoms with Crippen molar-refractivity contribution in [3.63, 3.8) is 0 Å². The van der Waals surface area contributed by atoms with Crippen LogP contribution in [0.2, 0.25) is 10.0 Å². The van der Waals surface area contributed by atoms with Gasteiger partial charge >= 0.3 is 6.18 Å². The van der Waals surface area contributed by atoms with Crippen molar-refractivity contribution < 1.29 is 13.2 Å². The van der Waals surface area contributed by atoms with Gasteiger partial charge in [0.05, 0.1) is 21.7 Å². The summed E-state index contributed by atoms with van der Waals surface area (Å²) >= 11 is 11.9. The molecule has 1 aromatic rings. The third kappa shape index (κ3) is 3.71. The van der Waals surface area contributed by atoms with Crippen LogP contribution in [0.3, 0.4) is 0 Å². The van der Waals surface area contributed by atoms with Crippen LogP contribution in [0.25, 0.3) is 0 Å². The fourth-order valence-electron chi connectivity index (χ4n) is 2.40. The van der Waals surface area contributed by atoms with E-state index in [2.05, 4.69) is 0 Å². The Balaban J connectivity index is 1.96. The van der Waals surface area contributed by atoms with Crippen molar-refractivity contribution in [2.24, 2.45) is 5.92 Å². The molecule has 0 atom stereocenters. The molecule has 1 aliphatic heterocycles. The Bertz CT molecular complexity index is 460. The van der Waals surface area contributed by atoms with Gasteiger partial charge in [-0.3, -0.25) is 4.90 Å². The summed E-state index contributed by atoms with van der Waals surface area (Å²) in [6.07, 6.45) is -3.81. The van der Waals surface area contributed by atoms with Crippen molar-refractivity contribution in [3.05, 3.63) is 27.7 Å². The maximum absolute atomic E-state index is 12.6. The number of halogens is 5. The minimum absolute atomic E-state index is 0.139. The molecule has 112 valence electrons. The fraction of sp³-hybridized carbons (Fsp3) is 0.538. The minimum Gasteiger partial charge on any atom is -0.396 e. The van der Waals surface area contributed by atoms with Crippen LogP contribution in [0.15, 0.2) is 12.1 Å². The SMILES string of the molecule is Nc1c(Cl)cc(CN2CCC(C(F)(F)F)CC2)cc1Cl. The Morgan fingerprint density at radius 2 is 1.65 bits per heavy atom. The molecule has 0 aliphatic carbocycles. The lowest BCUT2D eigenvalue weighted by Gasteiger charge is -2.32. The molecule has 0 spiro atoms. The summed E-state index contributed by atoms with van der Waals surface area (Å²) in [5, 5.41) is 0.746. The van der Waals surface area contributed by atoms with E-state index in [0.29, 0.717) is 35.4 Å². The molecule has 0 saturated carbocycles. The lowest BCUT2D eigenvalue weighted by Crippen LogP contribution is -2.38. The average molecular weight is 327 g/mol. The van der Waals surface area contributed by atoms with E-state index < -0.39 is 12.1 Å². The van der Waals surface area contributed by atoms with Crippen molar-refractivity contribution >= 4 is 28.9 Å². The zero-order valence-corrected chi connectivity index (χ0v) is 12.2. The highest BCUT2D eigenvalue weighted by atomic mass is 35.5. The third-order valence-electron chi connectivity index (χ3n) is 3.60. The van der Waals surface area contributed by atoms with Gasteiger partial charge in [-0.15, -0.1) is 0 Å². The predicted molar refractivity (Wildman–Crippen MR) is 74.9 cm³/mol. The summed E-state index contributed by atoms with van der Waals surface area (Å²) < 4.78 is 37.7. The van der Waals surface area contributed by atoms with Gasteiger partial charge in [0.25, 0.3) is 0 Å². The molecule has 2 rings (SSSR count). The van der Waals surface area contributed by atoms with Gasteiger partial charge in [0, 0.05) is 6.54 Å².